The lowest BCUT2D eigenvalue weighted by Crippen LogP contribution is -2.13. The number of rotatable bonds is 8. The fourth-order valence-corrected chi connectivity index (χ4v) is 2.82. The van der Waals surface area contributed by atoms with E-state index in [1.165, 1.54) is 0 Å². The molecule has 0 amide bonds. The van der Waals surface area contributed by atoms with E-state index in [1.54, 1.807) is 17.9 Å². The molecule has 0 radical (unpaired) electrons. The average Bonchev–Trinajstić information content (AvgIpc) is 2.66. The number of carbonyl (C=O) groups excluding carboxylic acids is 1. The van der Waals surface area contributed by atoms with Gasteiger partial charge in [0.2, 0.25) is 0 Å². The first-order valence-electron chi connectivity index (χ1n) is 6.50. The minimum atomic E-state index is 0.153. The third-order valence-electron chi connectivity index (χ3n) is 3.21. The summed E-state index contributed by atoms with van der Waals surface area (Å²) in [7, 11) is 1.79. The number of hydrogen-bond donors (Lipinski definition) is 1. The lowest BCUT2D eigenvalue weighted by Gasteiger charge is -2.14. The molecule has 1 rings (SSSR count). The van der Waals surface area contributed by atoms with E-state index in [9.17, 15) is 4.79 Å². The second-order valence-corrected chi connectivity index (χ2v) is 5.51. The molecule has 0 aliphatic heterocycles. The molecule has 1 atom stereocenters. The van der Waals surface area contributed by atoms with Gasteiger partial charge in [-0.3, -0.25) is 9.48 Å². The van der Waals surface area contributed by atoms with Gasteiger partial charge in [-0.2, -0.15) is 5.10 Å². The Labute approximate surface area is 117 Å². The van der Waals surface area contributed by atoms with Crippen LogP contribution in [0.2, 0.25) is 0 Å². The summed E-state index contributed by atoms with van der Waals surface area (Å²) in [6.45, 7) is 2.87. The monoisotopic (exact) mass is 315 g/mol. The zero-order valence-electron chi connectivity index (χ0n) is 11.2. The number of nitrogens with zero attached hydrogens (tertiary/aromatic N) is 2. The number of hydrogen-bond acceptors (Lipinski definition) is 3. The number of aryl methyl sites for hydroxylation is 1. The van der Waals surface area contributed by atoms with Crippen molar-refractivity contribution in [1.82, 2.24) is 9.78 Å². The second-order valence-electron chi connectivity index (χ2n) is 4.66. The first-order chi connectivity index (χ1) is 8.60. The Balaban J connectivity index is 2.54. The van der Waals surface area contributed by atoms with Gasteiger partial charge in [0.1, 0.15) is 5.69 Å². The van der Waals surface area contributed by atoms with Gasteiger partial charge in [-0.05, 0) is 41.2 Å². The van der Waals surface area contributed by atoms with Crippen molar-refractivity contribution in [2.75, 3.05) is 6.54 Å². The molecule has 1 aromatic heterocycles. The summed E-state index contributed by atoms with van der Waals surface area (Å²) in [4.78, 5) is 12.1. The topological polar surface area (TPSA) is 60.9 Å². The molecule has 0 bridgehead atoms. The normalized spacial score (nSPS) is 12.7. The number of ketones is 1. The van der Waals surface area contributed by atoms with Crippen molar-refractivity contribution >= 4 is 21.7 Å². The molecule has 102 valence electrons. The van der Waals surface area contributed by atoms with Gasteiger partial charge in [-0.15, -0.1) is 0 Å². The van der Waals surface area contributed by atoms with Gasteiger partial charge in [0.05, 0.1) is 10.7 Å². The first kappa shape index (κ1) is 15.4. The summed E-state index contributed by atoms with van der Waals surface area (Å²) in [6.07, 6.45) is 6.46. The average molecular weight is 316 g/mol. The minimum Gasteiger partial charge on any atom is -0.330 e. The van der Waals surface area contributed by atoms with Crippen LogP contribution in [0.15, 0.2) is 10.7 Å². The van der Waals surface area contributed by atoms with Crippen molar-refractivity contribution in [2.45, 2.75) is 39.0 Å². The summed E-state index contributed by atoms with van der Waals surface area (Å²) in [6, 6.07) is 0. The van der Waals surface area contributed by atoms with E-state index in [0.29, 0.717) is 24.6 Å². The highest BCUT2D eigenvalue weighted by Crippen LogP contribution is 2.21. The third-order valence-corrected chi connectivity index (χ3v) is 3.79. The fourth-order valence-electron chi connectivity index (χ4n) is 2.25. The van der Waals surface area contributed by atoms with Crippen LogP contribution in [0.3, 0.4) is 0 Å². The molecule has 0 saturated carbocycles. The van der Waals surface area contributed by atoms with Gasteiger partial charge in [0, 0.05) is 13.5 Å². The van der Waals surface area contributed by atoms with Crippen LogP contribution in [-0.4, -0.2) is 22.1 Å². The van der Waals surface area contributed by atoms with Gasteiger partial charge in [-0.1, -0.05) is 19.8 Å². The van der Waals surface area contributed by atoms with Crippen LogP contribution in [-0.2, 0) is 7.05 Å². The van der Waals surface area contributed by atoms with E-state index < -0.39 is 0 Å². The first-order valence-corrected chi connectivity index (χ1v) is 7.30. The van der Waals surface area contributed by atoms with Gasteiger partial charge in [0.15, 0.2) is 5.78 Å². The Kier molecular flexibility index (Phi) is 6.57. The van der Waals surface area contributed by atoms with E-state index in [2.05, 4.69) is 28.0 Å². The molecule has 0 aliphatic carbocycles. The van der Waals surface area contributed by atoms with Crippen molar-refractivity contribution in [3.05, 3.63) is 16.4 Å². The Bertz CT molecular complexity index is 364. The number of Topliss-reactive ketones (excluding diaryl/α,β-unsaturated/α-hetero) is 1. The molecule has 0 spiro atoms. The molecule has 4 nitrogen and oxygen atoms in total. The number of halogens is 1. The molecule has 5 heteroatoms. The highest BCUT2D eigenvalue weighted by Gasteiger charge is 2.17. The highest BCUT2D eigenvalue weighted by molar-refractivity contribution is 9.10. The molecule has 1 heterocycles. The van der Waals surface area contributed by atoms with E-state index >= 15 is 0 Å². The molecular weight excluding hydrogens is 294 g/mol. The van der Waals surface area contributed by atoms with Gasteiger partial charge in [-0.25, -0.2) is 0 Å². The summed E-state index contributed by atoms with van der Waals surface area (Å²) in [5.74, 6) is 0.718. The Hall–Kier alpha value is -0.680. The predicted molar refractivity (Wildman–Crippen MR) is 76.5 cm³/mol. The lowest BCUT2D eigenvalue weighted by atomic mass is 9.93. The van der Waals surface area contributed by atoms with E-state index in [-0.39, 0.29) is 5.78 Å². The maximum absolute atomic E-state index is 12.1. The summed E-state index contributed by atoms with van der Waals surface area (Å²) < 4.78 is 2.41. The molecule has 0 aromatic carbocycles. The zero-order chi connectivity index (χ0) is 13.5. The smallest absolute Gasteiger partial charge is 0.182 e. The summed E-state index contributed by atoms with van der Waals surface area (Å²) in [5, 5.41) is 4.07. The zero-order valence-corrected chi connectivity index (χ0v) is 12.7. The van der Waals surface area contributed by atoms with Crippen LogP contribution in [0, 0.1) is 5.92 Å². The number of carbonyl (C=O) groups is 1. The van der Waals surface area contributed by atoms with Crippen molar-refractivity contribution in [3.8, 4) is 0 Å². The molecule has 1 aromatic rings. The molecule has 1 unspecified atom stereocenters. The van der Waals surface area contributed by atoms with Crippen LogP contribution in [0.4, 0.5) is 0 Å². The quantitative estimate of drug-likeness (QED) is 0.750. The lowest BCUT2D eigenvalue weighted by molar-refractivity contribution is 0.0962. The van der Waals surface area contributed by atoms with Gasteiger partial charge in [0.25, 0.3) is 0 Å². The summed E-state index contributed by atoms with van der Waals surface area (Å²) >= 11 is 3.36. The van der Waals surface area contributed by atoms with E-state index in [0.717, 1.165) is 30.2 Å². The Morgan fingerprint density at radius 3 is 2.72 bits per heavy atom. The SMILES string of the molecule is CCCC(CCN)CCC(=O)c1c(Br)cnn1C. The maximum Gasteiger partial charge on any atom is 0.182 e. The molecular formula is C13H22BrN3O. The number of nitrogens with two attached hydrogens (primary N) is 1. The predicted octanol–water partition coefficient (Wildman–Crippen LogP) is 2.91. The molecule has 0 fully saturated rings. The fraction of sp³-hybridized carbons (Fsp3) is 0.692. The van der Waals surface area contributed by atoms with Crippen molar-refractivity contribution < 1.29 is 4.79 Å². The van der Waals surface area contributed by atoms with E-state index in [4.69, 9.17) is 5.73 Å². The van der Waals surface area contributed by atoms with Crippen LogP contribution < -0.4 is 5.73 Å². The van der Waals surface area contributed by atoms with Crippen molar-refractivity contribution in [2.24, 2.45) is 18.7 Å². The molecule has 2 N–H and O–H groups in total. The van der Waals surface area contributed by atoms with Crippen LogP contribution in [0.25, 0.3) is 0 Å². The molecule has 18 heavy (non-hydrogen) atoms. The van der Waals surface area contributed by atoms with Gasteiger partial charge >= 0.3 is 0 Å². The van der Waals surface area contributed by atoms with E-state index in [1.807, 2.05) is 0 Å². The minimum absolute atomic E-state index is 0.153. The van der Waals surface area contributed by atoms with Crippen LogP contribution in [0.1, 0.15) is 49.5 Å². The maximum atomic E-state index is 12.1. The molecule has 0 aliphatic rings. The van der Waals surface area contributed by atoms with Crippen molar-refractivity contribution in [1.29, 1.82) is 0 Å². The van der Waals surface area contributed by atoms with Crippen LogP contribution in [0.5, 0.6) is 0 Å². The summed E-state index contributed by atoms with van der Waals surface area (Å²) in [5.41, 5.74) is 6.27. The Morgan fingerprint density at radius 1 is 1.50 bits per heavy atom. The second kappa shape index (κ2) is 7.69. The standard InChI is InChI=1S/C13H22BrN3O/c1-3-4-10(7-8-15)5-6-12(18)13-11(14)9-16-17(13)2/h9-10H,3-8,15H2,1-2H3. The van der Waals surface area contributed by atoms with Crippen LogP contribution >= 0.6 is 15.9 Å². The largest absolute Gasteiger partial charge is 0.330 e. The van der Waals surface area contributed by atoms with Crippen molar-refractivity contribution in [3.63, 3.8) is 0 Å². The highest BCUT2D eigenvalue weighted by atomic mass is 79.9. The van der Waals surface area contributed by atoms with Gasteiger partial charge < -0.3 is 5.73 Å². The Morgan fingerprint density at radius 2 is 2.22 bits per heavy atom. The molecule has 0 saturated heterocycles. The third kappa shape index (κ3) is 4.21. The number of aromatic nitrogens is 2.